The Bertz CT molecular complexity index is 1320. The molecule has 172 valence electrons. The van der Waals surface area contributed by atoms with Crippen molar-refractivity contribution in [1.29, 1.82) is 0 Å². The van der Waals surface area contributed by atoms with Crippen molar-refractivity contribution in [3.05, 3.63) is 78.1 Å². The van der Waals surface area contributed by atoms with Crippen LogP contribution < -0.4 is 10.3 Å². The molecule has 0 unspecified atom stereocenters. The molecule has 0 saturated carbocycles. The van der Waals surface area contributed by atoms with Crippen molar-refractivity contribution in [1.82, 2.24) is 20.0 Å². The van der Waals surface area contributed by atoms with Gasteiger partial charge in [-0.15, -0.1) is 0 Å². The molecule has 34 heavy (non-hydrogen) atoms. The number of anilines is 1. The van der Waals surface area contributed by atoms with E-state index in [9.17, 15) is 4.79 Å². The molecule has 0 aliphatic carbocycles. The maximum Gasteiger partial charge on any atom is 0.290 e. The van der Waals surface area contributed by atoms with E-state index in [0.29, 0.717) is 11.6 Å². The summed E-state index contributed by atoms with van der Waals surface area (Å²) in [6.45, 7) is 4.77. The SMILES string of the molecule is CCn1cc(/C=N/NC(=O)c2cc(-c3ccccc3)nc(N3CCCCC3)n2)c2ccccc21. The van der Waals surface area contributed by atoms with E-state index >= 15 is 0 Å². The predicted molar refractivity (Wildman–Crippen MR) is 136 cm³/mol. The Balaban J connectivity index is 1.42. The van der Waals surface area contributed by atoms with E-state index in [2.05, 4.69) is 44.0 Å². The number of piperidine rings is 1. The van der Waals surface area contributed by atoms with Crippen molar-refractivity contribution < 1.29 is 4.79 Å². The van der Waals surface area contributed by atoms with Crippen molar-refractivity contribution in [3.63, 3.8) is 0 Å². The van der Waals surface area contributed by atoms with Crippen LogP contribution in [0.1, 0.15) is 42.2 Å². The van der Waals surface area contributed by atoms with Gasteiger partial charge in [-0.05, 0) is 38.3 Å². The largest absolute Gasteiger partial charge is 0.347 e. The molecule has 2 aromatic carbocycles. The van der Waals surface area contributed by atoms with E-state index in [1.165, 1.54) is 6.42 Å². The molecule has 1 N–H and O–H groups in total. The number of carbonyl (C=O) groups excluding carboxylic acids is 1. The van der Waals surface area contributed by atoms with E-state index in [1.807, 2.05) is 48.7 Å². The molecule has 1 aliphatic heterocycles. The summed E-state index contributed by atoms with van der Waals surface area (Å²) in [5, 5.41) is 5.35. The van der Waals surface area contributed by atoms with Crippen molar-refractivity contribution in [2.75, 3.05) is 18.0 Å². The van der Waals surface area contributed by atoms with Crippen molar-refractivity contribution >= 4 is 29.0 Å². The quantitative estimate of drug-likeness (QED) is 0.334. The Morgan fingerprint density at radius 3 is 2.59 bits per heavy atom. The summed E-state index contributed by atoms with van der Waals surface area (Å²) in [6, 6.07) is 19.8. The second-order valence-electron chi connectivity index (χ2n) is 8.44. The van der Waals surface area contributed by atoms with Gasteiger partial charge in [-0.1, -0.05) is 48.5 Å². The van der Waals surface area contributed by atoms with Crippen molar-refractivity contribution in [2.45, 2.75) is 32.7 Å². The second kappa shape index (κ2) is 9.87. The number of hydrogen-bond donors (Lipinski definition) is 1. The summed E-state index contributed by atoms with van der Waals surface area (Å²) in [4.78, 5) is 24.6. The number of rotatable bonds is 6. The molecule has 4 aromatic rings. The van der Waals surface area contributed by atoms with Crippen LogP contribution in [0.15, 0.2) is 72.0 Å². The molecule has 1 amide bonds. The van der Waals surface area contributed by atoms with E-state index in [4.69, 9.17) is 4.98 Å². The van der Waals surface area contributed by atoms with Gasteiger partial charge in [0, 0.05) is 47.9 Å². The molecule has 5 rings (SSSR count). The number of para-hydroxylation sites is 1. The van der Waals surface area contributed by atoms with Gasteiger partial charge in [-0.2, -0.15) is 5.10 Å². The summed E-state index contributed by atoms with van der Waals surface area (Å²) >= 11 is 0. The minimum Gasteiger partial charge on any atom is -0.347 e. The van der Waals surface area contributed by atoms with Crippen LogP contribution in [0.25, 0.3) is 22.2 Å². The number of benzene rings is 2. The van der Waals surface area contributed by atoms with Crippen LogP contribution in [0.4, 0.5) is 5.95 Å². The highest BCUT2D eigenvalue weighted by Gasteiger charge is 2.18. The molecular formula is C27H28N6O. The third-order valence-electron chi connectivity index (χ3n) is 6.19. The number of hydrogen-bond acceptors (Lipinski definition) is 5. The van der Waals surface area contributed by atoms with Gasteiger partial charge < -0.3 is 9.47 Å². The van der Waals surface area contributed by atoms with Gasteiger partial charge in [0.05, 0.1) is 11.9 Å². The highest BCUT2D eigenvalue weighted by atomic mass is 16.2. The molecule has 7 heteroatoms. The lowest BCUT2D eigenvalue weighted by Gasteiger charge is -2.27. The van der Waals surface area contributed by atoms with Crippen molar-refractivity contribution in [3.8, 4) is 11.3 Å². The highest BCUT2D eigenvalue weighted by Crippen LogP contribution is 2.23. The van der Waals surface area contributed by atoms with Crippen LogP contribution in [0.2, 0.25) is 0 Å². The second-order valence-corrected chi connectivity index (χ2v) is 8.44. The molecule has 1 saturated heterocycles. The van der Waals surface area contributed by atoms with Gasteiger partial charge in [0.15, 0.2) is 0 Å². The molecule has 7 nitrogen and oxygen atoms in total. The van der Waals surface area contributed by atoms with Gasteiger partial charge in [0.2, 0.25) is 5.95 Å². The Morgan fingerprint density at radius 1 is 1.03 bits per heavy atom. The van der Waals surface area contributed by atoms with Gasteiger partial charge >= 0.3 is 0 Å². The van der Waals surface area contributed by atoms with E-state index in [0.717, 1.165) is 60.2 Å². The molecule has 0 bridgehead atoms. The first-order chi connectivity index (χ1) is 16.7. The van der Waals surface area contributed by atoms with Crippen LogP contribution >= 0.6 is 0 Å². The lowest BCUT2D eigenvalue weighted by molar-refractivity contribution is 0.0950. The zero-order chi connectivity index (χ0) is 23.3. The van der Waals surface area contributed by atoms with Gasteiger partial charge in [0.25, 0.3) is 5.91 Å². The molecule has 2 aromatic heterocycles. The molecule has 1 aliphatic rings. The summed E-state index contributed by atoms with van der Waals surface area (Å²) in [5.41, 5.74) is 6.76. The number of hydrazone groups is 1. The van der Waals surface area contributed by atoms with E-state index in [1.54, 1.807) is 12.3 Å². The van der Waals surface area contributed by atoms with E-state index < -0.39 is 0 Å². The van der Waals surface area contributed by atoms with Crippen LogP contribution in [0.5, 0.6) is 0 Å². The third-order valence-corrected chi connectivity index (χ3v) is 6.19. The van der Waals surface area contributed by atoms with Crippen LogP contribution in [-0.2, 0) is 6.54 Å². The monoisotopic (exact) mass is 452 g/mol. The summed E-state index contributed by atoms with van der Waals surface area (Å²) in [6.07, 6.45) is 7.17. The Hall–Kier alpha value is -4.00. The molecule has 1 fully saturated rings. The van der Waals surface area contributed by atoms with E-state index in [-0.39, 0.29) is 5.91 Å². The highest BCUT2D eigenvalue weighted by molar-refractivity contribution is 6.00. The fourth-order valence-electron chi connectivity index (χ4n) is 4.40. The fourth-order valence-corrected chi connectivity index (χ4v) is 4.40. The lowest BCUT2D eigenvalue weighted by atomic mass is 10.1. The maximum atomic E-state index is 13.0. The molecule has 0 atom stereocenters. The Morgan fingerprint density at radius 2 is 1.79 bits per heavy atom. The summed E-state index contributed by atoms with van der Waals surface area (Å²) < 4.78 is 2.17. The Labute approximate surface area is 199 Å². The zero-order valence-corrected chi connectivity index (χ0v) is 19.3. The minimum absolute atomic E-state index is 0.308. The first-order valence-corrected chi connectivity index (χ1v) is 11.8. The van der Waals surface area contributed by atoms with Gasteiger partial charge in [-0.25, -0.2) is 15.4 Å². The minimum atomic E-state index is -0.353. The fraction of sp³-hybridized carbons (Fsp3) is 0.259. The smallest absolute Gasteiger partial charge is 0.290 e. The molecule has 3 heterocycles. The zero-order valence-electron chi connectivity index (χ0n) is 19.3. The molecular weight excluding hydrogens is 424 g/mol. The first-order valence-electron chi connectivity index (χ1n) is 11.8. The summed E-state index contributed by atoms with van der Waals surface area (Å²) in [7, 11) is 0. The number of fused-ring (bicyclic) bond motifs is 1. The average molecular weight is 453 g/mol. The Kier molecular flexibility index (Phi) is 6.33. The number of nitrogens with one attached hydrogen (secondary N) is 1. The number of aryl methyl sites for hydroxylation is 1. The third kappa shape index (κ3) is 4.55. The predicted octanol–water partition coefficient (Wildman–Crippen LogP) is 4.87. The van der Waals surface area contributed by atoms with Crippen molar-refractivity contribution in [2.24, 2.45) is 5.10 Å². The average Bonchev–Trinajstić information content (AvgIpc) is 3.27. The summed E-state index contributed by atoms with van der Waals surface area (Å²) in [5.74, 6) is 0.245. The topological polar surface area (TPSA) is 75.4 Å². The normalized spacial score (nSPS) is 14.1. The molecule has 0 spiro atoms. The van der Waals surface area contributed by atoms with Crippen LogP contribution in [0.3, 0.4) is 0 Å². The van der Waals surface area contributed by atoms with Crippen LogP contribution in [0, 0.1) is 0 Å². The lowest BCUT2D eigenvalue weighted by Crippen LogP contribution is -2.32. The number of amides is 1. The maximum absolute atomic E-state index is 13.0. The molecule has 0 radical (unpaired) electrons. The van der Waals surface area contributed by atoms with Gasteiger partial charge in [-0.3, -0.25) is 4.79 Å². The number of nitrogens with zero attached hydrogens (tertiary/aromatic N) is 5. The standard InChI is InChI=1S/C27H28N6O/c1-2-32-19-21(22-13-7-8-14-25(22)32)18-28-31-26(34)24-17-23(20-11-5-3-6-12-20)29-27(30-24)33-15-9-4-10-16-33/h3,5-8,11-14,17-19H,2,4,9-10,15-16H2,1H3,(H,31,34)/b28-18+. The van der Waals surface area contributed by atoms with Crippen LogP contribution in [-0.4, -0.2) is 39.7 Å². The number of aromatic nitrogens is 3. The first kappa shape index (κ1) is 21.8. The number of carbonyl (C=O) groups is 1. The van der Waals surface area contributed by atoms with Gasteiger partial charge in [0.1, 0.15) is 5.69 Å².